The SMILES string of the molecule is Cc1cc(C)c(NC(=O)CNC(=O)COC(=O)c2cccc(C)c2O)c(C)c1. The Morgan fingerprint density at radius 1 is 0.964 bits per heavy atom. The molecule has 2 amide bonds. The van der Waals surface area contributed by atoms with Gasteiger partial charge in [0, 0.05) is 5.69 Å². The van der Waals surface area contributed by atoms with Crippen LogP contribution in [0.3, 0.4) is 0 Å². The molecular weight excluding hydrogens is 360 g/mol. The summed E-state index contributed by atoms with van der Waals surface area (Å²) >= 11 is 0. The predicted molar refractivity (Wildman–Crippen MR) is 105 cm³/mol. The van der Waals surface area contributed by atoms with Gasteiger partial charge in [-0.3, -0.25) is 9.59 Å². The van der Waals surface area contributed by atoms with Crippen molar-refractivity contribution in [3.05, 3.63) is 58.1 Å². The van der Waals surface area contributed by atoms with Crippen LogP contribution >= 0.6 is 0 Å². The molecule has 0 unspecified atom stereocenters. The molecule has 7 heteroatoms. The number of carbonyl (C=O) groups excluding carboxylic acids is 3. The van der Waals surface area contributed by atoms with Gasteiger partial charge in [0.2, 0.25) is 5.91 Å². The second-order valence-corrected chi connectivity index (χ2v) is 6.65. The maximum absolute atomic E-state index is 12.1. The third-order valence-corrected chi connectivity index (χ3v) is 4.18. The molecule has 28 heavy (non-hydrogen) atoms. The van der Waals surface area contributed by atoms with Crippen LogP contribution in [0.5, 0.6) is 5.75 Å². The predicted octanol–water partition coefficient (Wildman–Crippen LogP) is 2.54. The molecule has 0 bridgehead atoms. The lowest BCUT2D eigenvalue weighted by Crippen LogP contribution is -2.35. The topological polar surface area (TPSA) is 105 Å². The zero-order valence-corrected chi connectivity index (χ0v) is 16.4. The van der Waals surface area contributed by atoms with Gasteiger partial charge in [0.15, 0.2) is 6.61 Å². The number of rotatable bonds is 6. The normalized spacial score (nSPS) is 10.3. The van der Waals surface area contributed by atoms with Crippen LogP contribution in [0.1, 0.15) is 32.6 Å². The molecule has 0 radical (unpaired) electrons. The third-order valence-electron chi connectivity index (χ3n) is 4.18. The third kappa shape index (κ3) is 5.33. The molecule has 0 aliphatic rings. The second kappa shape index (κ2) is 9.03. The molecule has 3 N–H and O–H groups in total. The number of amides is 2. The van der Waals surface area contributed by atoms with Crippen LogP contribution in [0.2, 0.25) is 0 Å². The van der Waals surface area contributed by atoms with Crippen molar-refractivity contribution in [3.63, 3.8) is 0 Å². The number of aryl methyl sites for hydroxylation is 4. The Hall–Kier alpha value is -3.35. The van der Waals surface area contributed by atoms with E-state index in [1.165, 1.54) is 6.07 Å². The van der Waals surface area contributed by atoms with Crippen molar-refractivity contribution in [2.24, 2.45) is 0 Å². The summed E-state index contributed by atoms with van der Waals surface area (Å²) in [6.07, 6.45) is 0. The minimum Gasteiger partial charge on any atom is -0.507 e. The minimum absolute atomic E-state index is 0.0177. The van der Waals surface area contributed by atoms with Crippen LogP contribution in [-0.2, 0) is 14.3 Å². The number of aromatic hydroxyl groups is 1. The van der Waals surface area contributed by atoms with Crippen LogP contribution in [0, 0.1) is 27.7 Å². The Balaban J connectivity index is 1.83. The van der Waals surface area contributed by atoms with E-state index in [2.05, 4.69) is 10.6 Å². The van der Waals surface area contributed by atoms with Crippen molar-refractivity contribution in [2.75, 3.05) is 18.5 Å². The quantitative estimate of drug-likeness (QED) is 0.664. The molecule has 0 aliphatic carbocycles. The molecule has 7 nitrogen and oxygen atoms in total. The summed E-state index contributed by atoms with van der Waals surface area (Å²) in [5, 5.41) is 15.0. The van der Waals surface area contributed by atoms with E-state index in [1.807, 2.05) is 32.9 Å². The fraction of sp³-hybridized carbons (Fsp3) is 0.286. The van der Waals surface area contributed by atoms with E-state index in [9.17, 15) is 19.5 Å². The highest BCUT2D eigenvalue weighted by atomic mass is 16.5. The summed E-state index contributed by atoms with van der Waals surface area (Å²) in [4.78, 5) is 35.9. The number of carbonyl (C=O) groups is 3. The van der Waals surface area contributed by atoms with Gasteiger partial charge in [-0.25, -0.2) is 4.79 Å². The summed E-state index contributed by atoms with van der Waals surface area (Å²) in [5.74, 6) is -2.00. The molecule has 0 saturated heterocycles. The second-order valence-electron chi connectivity index (χ2n) is 6.65. The molecule has 0 aromatic heterocycles. The number of nitrogens with one attached hydrogen (secondary N) is 2. The van der Waals surface area contributed by atoms with Crippen molar-refractivity contribution in [1.82, 2.24) is 5.32 Å². The van der Waals surface area contributed by atoms with E-state index >= 15 is 0 Å². The van der Waals surface area contributed by atoms with Crippen LogP contribution in [0.15, 0.2) is 30.3 Å². The smallest absolute Gasteiger partial charge is 0.342 e. The van der Waals surface area contributed by atoms with Gasteiger partial charge in [0.25, 0.3) is 5.91 Å². The Morgan fingerprint density at radius 2 is 1.61 bits per heavy atom. The number of esters is 1. The summed E-state index contributed by atoms with van der Waals surface area (Å²) in [6, 6.07) is 8.57. The number of ether oxygens (including phenoxy) is 1. The molecule has 0 heterocycles. The summed E-state index contributed by atoms with van der Waals surface area (Å²) < 4.78 is 4.88. The number of hydrogen-bond acceptors (Lipinski definition) is 5. The largest absolute Gasteiger partial charge is 0.507 e. The number of phenolic OH excluding ortho intramolecular Hbond substituents is 1. The molecule has 2 aromatic carbocycles. The standard InChI is InChI=1S/C21H24N2O5/c1-12-8-14(3)19(15(4)9-12)23-17(24)10-22-18(25)11-28-21(27)16-7-5-6-13(2)20(16)26/h5-9,26H,10-11H2,1-4H3,(H,22,25)(H,23,24). The van der Waals surface area contributed by atoms with Gasteiger partial charge in [-0.05, 0) is 50.5 Å². The highest BCUT2D eigenvalue weighted by Crippen LogP contribution is 2.22. The Bertz CT molecular complexity index is 898. The maximum Gasteiger partial charge on any atom is 0.342 e. The molecule has 148 valence electrons. The number of phenols is 1. The van der Waals surface area contributed by atoms with Crippen molar-refractivity contribution >= 4 is 23.5 Å². The van der Waals surface area contributed by atoms with Crippen LogP contribution in [-0.4, -0.2) is 36.0 Å². The van der Waals surface area contributed by atoms with Crippen LogP contribution < -0.4 is 10.6 Å². The molecule has 0 saturated carbocycles. The van der Waals surface area contributed by atoms with Crippen molar-refractivity contribution < 1.29 is 24.2 Å². The van der Waals surface area contributed by atoms with Gasteiger partial charge in [-0.2, -0.15) is 0 Å². The highest BCUT2D eigenvalue weighted by Gasteiger charge is 2.16. The van der Waals surface area contributed by atoms with E-state index < -0.39 is 18.5 Å². The number of para-hydroxylation sites is 1. The van der Waals surface area contributed by atoms with E-state index in [4.69, 9.17) is 4.74 Å². The number of hydrogen-bond donors (Lipinski definition) is 3. The lowest BCUT2D eigenvalue weighted by Gasteiger charge is -2.13. The first-order valence-electron chi connectivity index (χ1n) is 8.79. The van der Waals surface area contributed by atoms with Crippen molar-refractivity contribution in [3.8, 4) is 5.75 Å². The lowest BCUT2D eigenvalue weighted by molar-refractivity contribution is -0.126. The first-order valence-corrected chi connectivity index (χ1v) is 8.79. The molecule has 0 atom stereocenters. The average molecular weight is 384 g/mol. The molecule has 2 rings (SSSR count). The van der Waals surface area contributed by atoms with E-state index in [0.717, 1.165) is 16.7 Å². The number of anilines is 1. The summed E-state index contributed by atoms with van der Waals surface area (Å²) in [6.45, 7) is 6.61. The molecular formula is C21H24N2O5. The fourth-order valence-electron chi connectivity index (χ4n) is 2.82. The van der Waals surface area contributed by atoms with Gasteiger partial charge in [0.1, 0.15) is 11.3 Å². The lowest BCUT2D eigenvalue weighted by atomic mass is 10.1. The van der Waals surface area contributed by atoms with Gasteiger partial charge in [-0.1, -0.05) is 29.8 Å². The monoisotopic (exact) mass is 384 g/mol. The summed E-state index contributed by atoms with van der Waals surface area (Å²) in [7, 11) is 0. The molecule has 0 fully saturated rings. The Morgan fingerprint density at radius 3 is 2.25 bits per heavy atom. The van der Waals surface area contributed by atoms with E-state index in [1.54, 1.807) is 19.1 Å². The zero-order chi connectivity index (χ0) is 20.8. The minimum atomic E-state index is -0.813. The summed E-state index contributed by atoms with van der Waals surface area (Å²) in [5.41, 5.74) is 4.19. The average Bonchev–Trinajstić information content (AvgIpc) is 2.63. The van der Waals surface area contributed by atoms with E-state index in [-0.39, 0.29) is 23.8 Å². The number of benzene rings is 2. The highest BCUT2D eigenvalue weighted by molar-refractivity contribution is 5.97. The van der Waals surface area contributed by atoms with Gasteiger partial charge < -0.3 is 20.5 Å². The van der Waals surface area contributed by atoms with Gasteiger partial charge in [0.05, 0.1) is 6.54 Å². The zero-order valence-electron chi connectivity index (χ0n) is 16.4. The van der Waals surface area contributed by atoms with Crippen LogP contribution in [0.4, 0.5) is 5.69 Å². The maximum atomic E-state index is 12.1. The molecule has 2 aromatic rings. The molecule has 0 spiro atoms. The van der Waals surface area contributed by atoms with Crippen LogP contribution in [0.25, 0.3) is 0 Å². The Kier molecular flexibility index (Phi) is 6.76. The van der Waals surface area contributed by atoms with Gasteiger partial charge in [-0.15, -0.1) is 0 Å². The first kappa shape index (κ1) is 21.0. The van der Waals surface area contributed by atoms with Gasteiger partial charge >= 0.3 is 5.97 Å². The first-order chi connectivity index (χ1) is 13.2. The molecule has 0 aliphatic heterocycles. The van der Waals surface area contributed by atoms with E-state index in [0.29, 0.717) is 11.3 Å². The van der Waals surface area contributed by atoms with Crippen molar-refractivity contribution in [2.45, 2.75) is 27.7 Å². The van der Waals surface area contributed by atoms with Crippen molar-refractivity contribution in [1.29, 1.82) is 0 Å². The Labute approximate surface area is 163 Å². The fourth-order valence-corrected chi connectivity index (χ4v) is 2.82.